The Morgan fingerprint density at radius 2 is 2.26 bits per heavy atom. The van der Waals surface area contributed by atoms with E-state index in [1.165, 1.54) is 13.0 Å². The molecule has 0 saturated heterocycles. The maximum absolute atomic E-state index is 13.4. The SMILES string of the molecule is CC(=O)Nc1cc(NCc2csc(C)n2)ccc1F. The molecule has 0 unspecified atom stereocenters. The fraction of sp³-hybridized carbons (Fsp3) is 0.231. The molecule has 6 heteroatoms. The molecule has 0 aliphatic carbocycles. The summed E-state index contributed by atoms with van der Waals surface area (Å²) in [6.07, 6.45) is 0. The summed E-state index contributed by atoms with van der Waals surface area (Å²) >= 11 is 1.59. The molecule has 1 aromatic heterocycles. The molecule has 2 aromatic rings. The normalized spacial score (nSPS) is 10.3. The van der Waals surface area contributed by atoms with E-state index in [-0.39, 0.29) is 11.6 Å². The van der Waals surface area contributed by atoms with Crippen molar-refractivity contribution in [3.63, 3.8) is 0 Å². The first-order valence-electron chi connectivity index (χ1n) is 5.76. The van der Waals surface area contributed by atoms with Gasteiger partial charge in [-0.25, -0.2) is 9.37 Å². The first-order valence-corrected chi connectivity index (χ1v) is 6.64. The Morgan fingerprint density at radius 1 is 1.47 bits per heavy atom. The van der Waals surface area contributed by atoms with E-state index >= 15 is 0 Å². The maximum Gasteiger partial charge on any atom is 0.221 e. The van der Waals surface area contributed by atoms with Gasteiger partial charge in [-0.3, -0.25) is 4.79 Å². The quantitative estimate of drug-likeness (QED) is 0.904. The largest absolute Gasteiger partial charge is 0.379 e. The Labute approximate surface area is 114 Å². The molecule has 0 aliphatic rings. The lowest BCUT2D eigenvalue weighted by atomic mass is 10.2. The summed E-state index contributed by atoms with van der Waals surface area (Å²) in [6.45, 7) is 3.86. The molecular formula is C13H14FN3OS. The Bertz CT molecular complexity index is 597. The van der Waals surface area contributed by atoms with Crippen LogP contribution in [0.2, 0.25) is 0 Å². The molecule has 1 heterocycles. The van der Waals surface area contributed by atoms with Crippen molar-refractivity contribution < 1.29 is 9.18 Å². The average Bonchev–Trinajstić information content (AvgIpc) is 2.75. The molecule has 0 atom stereocenters. The summed E-state index contributed by atoms with van der Waals surface area (Å²) in [7, 11) is 0. The minimum Gasteiger partial charge on any atom is -0.379 e. The van der Waals surface area contributed by atoms with E-state index in [0.717, 1.165) is 16.4 Å². The van der Waals surface area contributed by atoms with Gasteiger partial charge in [0.05, 0.1) is 22.9 Å². The summed E-state index contributed by atoms with van der Waals surface area (Å²) in [4.78, 5) is 15.3. The van der Waals surface area contributed by atoms with Crippen molar-refractivity contribution in [1.29, 1.82) is 0 Å². The average molecular weight is 279 g/mol. The number of hydrogen-bond donors (Lipinski definition) is 2. The molecule has 2 rings (SSSR count). The molecule has 0 fully saturated rings. The van der Waals surface area contributed by atoms with Crippen LogP contribution in [0.1, 0.15) is 17.6 Å². The first kappa shape index (κ1) is 13.5. The van der Waals surface area contributed by atoms with Crippen LogP contribution in [0, 0.1) is 12.7 Å². The fourth-order valence-electron chi connectivity index (χ4n) is 1.60. The molecule has 1 amide bonds. The van der Waals surface area contributed by atoms with Crippen molar-refractivity contribution in [3.8, 4) is 0 Å². The predicted molar refractivity (Wildman–Crippen MR) is 74.9 cm³/mol. The zero-order chi connectivity index (χ0) is 13.8. The number of amides is 1. The number of aryl methyl sites for hydroxylation is 1. The second kappa shape index (κ2) is 5.79. The lowest BCUT2D eigenvalue weighted by Gasteiger charge is -2.08. The maximum atomic E-state index is 13.4. The number of carbonyl (C=O) groups excluding carboxylic acids is 1. The van der Waals surface area contributed by atoms with E-state index in [0.29, 0.717) is 6.54 Å². The highest BCUT2D eigenvalue weighted by molar-refractivity contribution is 7.09. The molecule has 1 aromatic carbocycles. The molecule has 2 N–H and O–H groups in total. The smallest absolute Gasteiger partial charge is 0.221 e. The van der Waals surface area contributed by atoms with E-state index in [9.17, 15) is 9.18 Å². The van der Waals surface area contributed by atoms with Crippen LogP contribution in [0.5, 0.6) is 0 Å². The van der Waals surface area contributed by atoms with Crippen molar-refractivity contribution in [2.45, 2.75) is 20.4 Å². The molecule has 19 heavy (non-hydrogen) atoms. The van der Waals surface area contributed by atoms with E-state index in [2.05, 4.69) is 15.6 Å². The first-order chi connectivity index (χ1) is 9.04. The van der Waals surface area contributed by atoms with Crippen molar-refractivity contribution in [2.24, 2.45) is 0 Å². The van der Waals surface area contributed by atoms with Crippen LogP contribution < -0.4 is 10.6 Å². The number of halogens is 1. The van der Waals surface area contributed by atoms with Gasteiger partial charge in [-0.05, 0) is 25.1 Å². The van der Waals surface area contributed by atoms with E-state index in [1.807, 2.05) is 12.3 Å². The van der Waals surface area contributed by atoms with Gasteiger partial charge in [0.25, 0.3) is 0 Å². The van der Waals surface area contributed by atoms with Gasteiger partial charge in [0, 0.05) is 18.0 Å². The van der Waals surface area contributed by atoms with Gasteiger partial charge in [0.15, 0.2) is 0 Å². The Hall–Kier alpha value is -1.95. The van der Waals surface area contributed by atoms with Crippen LogP contribution in [0.4, 0.5) is 15.8 Å². The number of benzene rings is 1. The van der Waals surface area contributed by atoms with Crippen molar-refractivity contribution in [3.05, 3.63) is 40.1 Å². The van der Waals surface area contributed by atoms with Crippen molar-refractivity contribution >= 4 is 28.6 Å². The Balaban J connectivity index is 2.06. The second-order valence-corrected chi connectivity index (χ2v) is 5.15. The lowest BCUT2D eigenvalue weighted by Crippen LogP contribution is -2.08. The van der Waals surface area contributed by atoms with Gasteiger partial charge in [0.2, 0.25) is 5.91 Å². The summed E-state index contributed by atoms with van der Waals surface area (Å²) in [5, 5.41) is 8.57. The molecule has 0 radical (unpaired) electrons. The van der Waals surface area contributed by atoms with Crippen LogP contribution in [0.25, 0.3) is 0 Å². The Kier molecular flexibility index (Phi) is 4.11. The third-order valence-electron chi connectivity index (χ3n) is 2.42. The van der Waals surface area contributed by atoms with Gasteiger partial charge in [-0.1, -0.05) is 0 Å². The number of nitrogens with zero attached hydrogens (tertiary/aromatic N) is 1. The van der Waals surface area contributed by atoms with E-state index in [1.54, 1.807) is 23.5 Å². The van der Waals surface area contributed by atoms with Crippen LogP contribution >= 0.6 is 11.3 Å². The van der Waals surface area contributed by atoms with Crippen LogP contribution in [0.3, 0.4) is 0 Å². The highest BCUT2D eigenvalue weighted by Crippen LogP contribution is 2.20. The van der Waals surface area contributed by atoms with E-state index in [4.69, 9.17) is 0 Å². The number of rotatable bonds is 4. The topological polar surface area (TPSA) is 54.0 Å². The molecule has 0 saturated carbocycles. The molecule has 0 bridgehead atoms. The molecular weight excluding hydrogens is 265 g/mol. The third-order valence-corrected chi connectivity index (χ3v) is 3.24. The number of nitrogens with one attached hydrogen (secondary N) is 2. The van der Waals surface area contributed by atoms with Gasteiger partial charge in [-0.2, -0.15) is 0 Å². The number of thiazole rings is 1. The highest BCUT2D eigenvalue weighted by Gasteiger charge is 2.05. The predicted octanol–water partition coefficient (Wildman–Crippen LogP) is 3.16. The molecule has 0 aliphatic heterocycles. The van der Waals surface area contributed by atoms with Gasteiger partial charge >= 0.3 is 0 Å². The summed E-state index contributed by atoms with van der Waals surface area (Å²) in [5.41, 5.74) is 1.84. The summed E-state index contributed by atoms with van der Waals surface area (Å²) in [6, 6.07) is 4.51. The number of aromatic nitrogens is 1. The zero-order valence-corrected chi connectivity index (χ0v) is 11.5. The van der Waals surface area contributed by atoms with Gasteiger partial charge in [-0.15, -0.1) is 11.3 Å². The third kappa shape index (κ3) is 3.75. The van der Waals surface area contributed by atoms with E-state index < -0.39 is 5.82 Å². The zero-order valence-electron chi connectivity index (χ0n) is 10.7. The minimum absolute atomic E-state index is 0.173. The molecule has 4 nitrogen and oxygen atoms in total. The van der Waals surface area contributed by atoms with Gasteiger partial charge in [0.1, 0.15) is 5.82 Å². The van der Waals surface area contributed by atoms with Gasteiger partial charge < -0.3 is 10.6 Å². The van der Waals surface area contributed by atoms with Crippen LogP contribution in [0.15, 0.2) is 23.6 Å². The second-order valence-electron chi connectivity index (χ2n) is 4.09. The minimum atomic E-state index is -0.453. The van der Waals surface area contributed by atoms with Crippen molar-refractivity contribution in [1.82, 2.24) is 4.98 Å². The highest BCUT2D eigenvalue weighted by atomic mass is 32.1. The number of anilines is 2. The van der Waals surface area contributed by atoms with Crippen LogP contribution in [-0.4, -0.2) is 10.9 Å². The van der Waals surface area contributed by atoms with Crippen LogP contribution in [-0.2, 0) is 11.3 Å². The standard InChI is InChI=1S/C13H14FN3OS/c1-8(18)16-13-5-10(3-4-12(13)14)15-6-11-7-19-9(2)17-11/h3-5,7,15H,6H2,1-2H3,(H,16,18). The lowest BCUT2D eigenvalue weighted by molar-refractivity contribution is -0.114. The summed E-state index contributed by atoms with van der Waals surface area (Å²) < 4.78 is 13.4. The monoisotopic (exact) mass is 279 g/mol. The molecule has 100 valence electrons. The Morgan fingerprint density at radius 3 is 2.89 bits per heavy atom. The fourth-order valence-corrected chi connectivity index (χ4v) is 2.22. The molecule has 0 spiro atoms. The van der Waals surface area contributed by atoms with Crippen molar-refractivity contribution in [2.75, 3.05) is 10.6 Å². The number of carbonyl (C=O) groups is 1. The summed E-state index contributed by atoms with van der Waals surface area (Å²) in [5.74, 6) is -0.753. The number of hydrogen-bond acceptors (Lipinski definition) is 4.